The van der Waals surface area contributed by atoms with Gasteiger partial charge in [0.15, 0.2) is 0 Å². The lowest BCUT2D eigenvalue weighted by molar-refractivity contribution is 0.249. The molecule has 0 aliphatic heterocycles. The van der Waals surface area contributed by atoms with Gasteiger partial charge in [0.05, 0.1) is 17.7 Å². The summed E-state index contributed by atoms with van der Waals surface area (Å²) < 4.78 is 0. The summed E-state index contributed by atoms with van der Waals surface area (Å²) in [6.07, 6.45) is 0. The van der Waals surface area contributed by atoms with Crippen molar-refractivity contribution in [3.05, 3.63) is 65.2 Å². The Labute approximate surface area is 124 Å². The highest BCUT2D eigenvalue weighted by Crippen LogP contribution is 2.17. The van der Waals surface area contributed by atoms with Crippen molar-refractivity contribution in [1.82, 2.24) is 5.32 Å². The van der Waals surface area contributed by atoms with Gasteiger partial charge in [0.1, 0.15) is 0 Å². The molecule has 2 N–H and O–H groups in total. The number of benzene rings is 2. The molecule has 1 atom stereocenters. The van der Waals surface area contributed by atoms with Crippen LogP contribution in [0.25, 0.3) is 0 Å². The number of aryl methyl sites for hydroxylation is 1. The van der Waals surface area contributed by atoms with Gasteiger partial charge < -0.3 is 10.6 Å². The molecule has 0 bridgehead atoms. The maximum Gasteiger partial charge on any atom is 0.319 e. The second-order valence-corrected chi connectivity index (χ2v) is 4.87. The first-order valence-electron chi connectivity index (χ1n) is 6.73. The number of urea groups is 1. The van der Waals surface area contributed by atoms with Crippen LogP contribution >= 0.6 is 0 Å². The molecule has 21 heavy (non-hydrogen) atoms. The first-order valence-corrected chi connectivity index (χ1v) is 6.73. The third-order valence-corrected chi connectivity index (χ3v) is 3.27. The fourth-order valence-corrected chi connectivity index (χ4v) is 2.14. The number of rotatable bonds is 3. The smallest absolute Gasteiger partial charge is 0.319 e. The molecule has 0 aliphatic carbocycles. The number of nitrogens with one attached hydrogen (secondary N) is 2. The van der Waals surface area contributed by atoms with Gasteiger partial charge in [-0.1, -0.05) is 24.3 Å². The van der Waals surface area contributed by atoms with Gasteiger partial charge in [-0.05, 0) is 49.2 Å². The minimum atomic E-state index is -0.268. The average Bonchev–Trinajstić information content (AvgIpc) is 2.48. The summed E-state index contributed by atoms with van der Waals surface area (Å²) in [6.45, 7) is 3.97. The molecule has 0 aromatic heterocycles. The highest BCUT2D eigenvalue weighted by Gasteiger charge is 2.11. The van der Waals surface area contributed by atoms with Gasteiger partial charge in [0.25, 0.3) is 0 Å². The van der Waals surface area contributed by atoms with Crippen LogP contribution < -0.4 is 10.6 Å². The fourth-order valence-electron chi connectivity index (χ4n) is 2.14. The standard InChI is InChI=1S/C17H17N3O/c1-12-5-3-4-6-16(12)13(2)19-17(21)20-15-9-7-14(11-18)8-10-15/h3-10,13H,1-2H3,(H2,19,20,21). The van der Waals surface area contributed by atoms with Gasteiger partial charge in [-0.3, -0.25) is 0 Å². The average molecular weight is 279 g/mol. The molecule has 0 saturated carbocycles. The topological polar surface area (TPSA) is 64.9 Å². The van der Waals surface area contributed by atoms with Crippen molar-refractivity contribution in [2.24, 2.45) is 0 Å². The highest BCUT2D eigenvalue weighted by molar-refractivity contribution is 5.89. The van der Waals surface area contributed by atoms with Gasteiger partial charge >= 0.3 is 6.03 Å². The van der Waals surface area contributed by atoms with Gasteiger partial charge in [-0.15, -0.1) is 0 Å². The first kappa shape index (κ1) is 14.6. The normalized spacial score (nSPS) is 11.3. The molecule has 2 rings (SSSR count). The summed E-state index contributed by atoms with van der Waals surface area (Å²) in [7, 11) is 0. The molecule has 0 spiro atoms. The number of hydrogen-bond donors (Lipinski definition) is 2. The molecule has 4 heteroatoms. The van der Waals surface area contributed by atoms with E-state index in [0.717, 1.165) is 11.1 Å². The molecule has 0 fully saturated rings. The Morgan fingerprint density at radius 2 is 1.81 bits per heavy atom. The van der Waals surface area contributed by atoms with Crippen molar-refractivity contribution in [3.8, 4) is 6.07 Å². The van der Waals surface area contributed by atoms with E-state index in [9.17, 15) is 4.79 Å². The van der Waals surface area contributed by atoms with E-state index >= 15 is 0 Å². The van der Waals surface area contributed by atoms with Gasteiger partial charge in [-0.25, -0.2) is 4.79 Å². The van der Waals surface area contributed by atoms with Crippen LogP contribution in [0.2, 0.25) is 0 Å². The number of nitriles is 1. The minimum absolute atomic E-state index is 0.0791. The van der Waals surface area contributed by atoms with E-state index in [-0.39, 0.29) is 12.1 Å². The molecule has 106 valence electrons. The van der Waals surface area contributed by atoms with E-state index in [1.807, 2.05) is 44.2 Å². The van der Waals surface area contributed by atoms with Crippen molar-refractivity contribution < 1.29 is 4.79 Å². The summed E-state index contributed by atoms with van der Waals surface area (Å²) in [5.41, 5.74) is 3.45. The maximum atomic E-state index is 12.0. The molecule has 1 unspecified atom stereocenters. The highest BCUT2D eigenvalue weighted by atomic mass is 16.2. The minimum Gasteiger partial charge on any atom is -0.331 e. The Morgan fingerprint density at radius 3 is 2.43 bits per heavy atom. The molecule has 0 radical (unpaired) electrons. The number of nitrogens with zero attached hydrogens (tertiary/aromatic N) is 1. The predicted octanol–water partition coefficient (Wildman–Crippen LogP) is 3.75. The van der Waals surface area contributed by atoms with Crippen molar-refractivity contribution >= 4 is 11.7 Å². The Hall–Kier alpha value is -2.80. The van der Waals surface area contributed by atoms with Crippen LogP contribution in [0.3, 0.4) is 0 Å². The number of hydrogen-bond acceptors (Lipinski definition) is 2. The van der Waals surface area contributed by atoms with E-state index < -0.39 is 0 Å². The van der Waals surface area contributed by atoms with Crippen LogP contribution in [-0.4, -0.2) is 6.03 Å². The summed E-state index contributed by atoms with van der Waals surface area (Å²) in [5.74, 6) is 0. The summed E-state index contributed by atoms with van der Waals surface area (Å²) in [4.78, 5) is 12.0. The van der Waals surface area contributed by atoms with E-state index in [0.29, 0.717) is 11.3 Å². The number of anilines is 1. The third-order valence-electron chi connectivity index (χ3n) is 3.27. The van der Waals surface area contributed by atoms with Crippen LogP contribution in [-0.2, 0) is 0 Å². The Balaban J connectivity index is 1.98. The predicted molar refractivity (Wildman–Crippen MR) is 82.9 cm³/mol. The lowest BCUT2D eigenvalue weighted by atomic mass is 10.0. The molecular formula is C17H17N3O. The summed E-state index contributed by atoms with van der Waals surface area (Å²) in [5, 5.41) is 14.4. The molecule has 4 nitrogen and oxygen atoms in total. The van der Waals surface area contributed by atoms with Gasteiger partial charge in [0, 0.05) is 5.69 Å². The zero-order valence-corrected chi connectivity index (χ0v) is 12.1. The summed E-state index contributed by atoms with van der Waals surface area (Å²) in [6, 6.07) is 16.4. The van der Waals surface area contributed by atoms with E-state index in [4.69, 9.17) is 5.26 Å². The number of amides is 2. The second-order valence-electron chi connectivity index (χ2n) is 4.87. The Bertz CT molecular complexity index is 671. The number of carbonyl (C=O) groups excluding carboxylic acids is 1. The van der Waals surface area contributed by atoms with Gasteiger partial charge in [-0.2, -0.15) is 5.26 Å². The maximum absolute atomic E-state index is 12.0. The lowest BCUT2D eigenvalue weighted by Gasteiger charge is -2.17. The zero-order chi connectivity index (χ0) is 15.2. The first-order chi connectivity index (χ1) is 10.1. The molecule has 2 amide bonds. The van der Waals surface area contributed by atoms with Crippen molar-refractivity contribution in [3.63, 3.8) is 0 Å². The van der Waals surface area contributed by atoms with Crippen LogP contribution in [0, 0.1) is 18.3 Å². The zero-order valence-electron chi connectivity index (χ0n) is 12.1. The third kappa shape index (κ3) is 3.83. The van der Waals surface area contributed by atoms with Crippen molar-refractivity contribution in [2.75, 3.05) is 5.32 Å². The van der Waals surface area contributed by atoms with Crippen LogP contribution in [0.15, 0.2) is 48.5 Å². The molecular weight excluding hydrogens is 262 g/mol. The quantitative estimate of drug-likeness (QED) is 0.898. The Morgan fingerprint density at radius 1 is 1.14 bits per heavy atom. The van der Waals surface area contributed by atoms with Crippen molar-refractivity contribution in [2.45, 2.75) is 19.9 Å². The van der Waals surface area contributed by atoms with Crippen LogP contribution in [0.4, 0.5) is 10.5 Å². The van der Waals surface area contributed by atoms with Gasteiger partial charge in [0.2, 0.25) is 0 Å². The SMILES string of the molecule is Cc1ccccc1C(C)NC(=O)Nc1ccc(C#N)cc1. The molecule has 0 heterocycles. The van der Waals surface area contributed by atoms with Crippen LogP contribution in [0.5, 0.6) is 0 Å². The van der Waals surface area contributed by atoms with E-state index in [1.54, 1.807) is 24.3 Å². The fraction of sp³-hybridized carbons (Fsp3) is 0.176. The van der Waals surface area contributed by atoms with E-state index in [2.05, 4.69) is 10.6 Å². The summed E-state index contributed by atoms with van der Waals surface area (Å²) >= 11 is 0. The molecule has 0 saturated heterocycles. The second kappa shape index (κ2) is 6.58. The van der Waals surface area contributed by atoms with E-state index in [1.165, 1.54) is 0 Å². The molecule has 2 aromatic rings. The monoisotopic (exact) mass is 279 g/mol. The lowest BCUT2D eigenvalue weighted by Crippen LogP contribution is -2.31. The van der Waals surface area contributed by atoms with Crippen molar-refractivity contribution in [1.29, 1.82) is 5.26 Å². The van der Waals surface area contributed by atoms with Crippen LogP contribution in [0.1, 0.15) is 29.7 Å². The molecule has 0 aliphatic rings. The molecule has 2 aromatic carbocycles. The number of carbonyl (C=O) groups is 1. The Kier molecular flexibility index (Phi) is 4.57. The largest absolute Gasteiger partial charge is 0.331 e.